The van der Waals surface area contributed by atoms with Crippen molar-refractivity contribution < 1.29 is 9.53 Å². The van der Waals surface area contributed by atoms with Gasteiger partial charge in [0.15, 0.2) is 5.82 Å². The number of halogens is 1. The summed E-state index contributed by atoms with van der Waals surface area (Å²) in [5, 5.41) is 10.1. The van der Waals surface area contributed by atoms with Crippen molar-refractivity contribution in [3.8, 4) is 11.4 Å². The first kappa shape index (κ1) is 22.3. The molecule has 3 atom stereocenters. The first-order chi connectivity index (χ1) is 13.2. The second-order valence-electron chi connectivity index (χ2n) is 6.97. The van der Waals surface area contributed by atoms with E-state index in [0.29, 0.717) is 31.8 Å². The Balaban J connectivity index is 0.00000280. The Morgan fingerprint density at radius 1 is 1.43 bits per heavy atom. The van der Waals surface area contributed by atoms with Gasteiger partial charge in [-0.15, -0.1) is 12.4 Å². The highest BCUT2D eigenvalue weighted by Crippen LogP contribution is 2.26. The summed E-state index contributed by atoms with van der Waals surface area (Å²) >= 11 is 0. The number of ether oxygens (including phenoxy) is 1. The van der Waals surface area contributed by atoms with E-state index in [1.54, 1.807) is 12.4 Å². The Labute approximate surface area is 171 Å². The summed E-state index contributed by atoms with van der Waals surface area (Å²) in [5.74, 6) is 1.39. The number of carbonyl (C=O) groups is 1. The van der Waals surface area contributed by atoms with Crippen LogP contribution in [0.25, 0.3) is 11.4 Å². The summed E-state index contributed by atoms with van der Waals surface area (Å²) in [7, 11) is 0. The van der Waals surface area contributed by atoms with Crippen molar-refractivity contribution in [1.29, 1.82) is 0 Å². The van der Waals surface area contributed by atoms with Crippen LogP contribution in [0.3, 0.4) is 0 Å². The van der Waals surface area contributed by atoms with Crippen LogP contribution in [0.4, 0.5) is 0 Å². The average molecular weight is 409 g/mol. The number of aromatic amines is 1. The summed E-state index contributed by atoms with van der Waals surface area (Å²) in [6.45, 7) is 3.28. The van der Waals surface area contributed by atoms with Crippen molar-refractivity contribution in [1.82, 2.24) is 25.5 Å². The molecule has 1 amide bonds. The normalized spacial score (nSPS) is 21.7. The van der Waals surface area contributed by atoms with Crippen LogP contribution in [0.1, 0.15) is 38.4 Å². The second-order valence-corrected chi connectivity index (χ2v) is 6.97. The van der Waals surface area contributed by atoms with Gasteiger partial charge in [-0.05, 0) is 37.8 Å². The molecule has 154 valence electrons. The number of aromatic nitrogens is 4. The molecule has 0 radical (unpaired) electrons. The molecule has 0 bridgehead atoms. The van der Waals surface area contributed by atoms with Gasteiger partial charge in [0.25, 0.3) is 0 Å². The summed E-state index contributed by atoms with van der Waals surface area (Å²) in [6.07, 6.45) is 7.29. The molecule has 1 fully saturated rings. The number of nitrogens with zero attached hydrogens (tertiary/aromatic N) is 3. The van der Waals surface area contributed by atoms with E-state index < -0.39 is 0 Å². The van der Waals surface area contributed by atoms with Gasteiger partial charge < -0.3 is 15.8 Å². The standard InChI is InChI=1S/C19H28N6O2.ClH/c1-2-10-27-16-11-13(5-6-15(16)20)19(26)22-9-7-17-23-18(25-24-17)14-4-3-8-21-12-14;/h3-4,8,12-13,15-16H,2,5-7,9-11,20H2,1H3,(H,22,26)(H,23,24,25);1H/t13-,15+,16+;/m0./s1. The van der Waals surface area contributed by atoms with Crippen molar-refractivity contribution >= 4 is 18.3 Å². The molecular weight excluding hydrogens is 380 g/mol. The Morgan fingerprint density at radius 2 is 2.29 bits per heavy atom. The minimum Gasteiger partial charge on any atom is -0.377 e. The average Bonchev–Trinajstić information content (AvgIpc) is 3.17. The molecule has 0 spiro atoms. The smallest absolute Gasteiger partial charge is 0.223 e. The number of rotatable bonds is 8. The third-order valence-corrected chi connectivity index (χ3v) is 4.86. The van der Waals surface area contributed by atoms with Crippen molar-refractivity contribution in [2.45, 2.75) is 51.2 Å². The number of H-pyrrole nitrogens is 1. The summed E-state index contributed by atoms with van der Waals surface area (Å²) in [6, 6.07) is 3.78. The molecule has 1 saturated carbocycles. The van der Waals surface area contributed by atoms with Crippen LogP contribution in [0.15, 0.2) is 24.5 Å². The Bertz CT molecular complexity index is 726. The van der Waals surface area contributed by atoms with Gasteiger partial charge in [0.05, 0.1) is 6.10 Å². The zero-order valence-electron chi connectivity index (χ0n) is 16.1. The topological polar surface area (TPSA) is 119 Å². The van der Waals surface area contributed by atoms with Crippen LogP contribution < -0.4 is 11.1 Å². The largest absolute Gasteiger partial charge is 0.377 e. The van der Waals surface area contributed by atoms with Crippen molar-refractivity contribution in [2.75, 3.05) is 13.2 Å². The monoisotopic (exact) mass is 408 g/mol. The van der Waals surface area contributed by atoms with Crippen LogP contribution in [0, 0.1) is 5.92 Å². The Kier molecular flexibility index (Phi) is 8.82. The first-order valence-corrected chi connectivity index (χ1v) is 9.64. The summed E-state index contributed by atoms with van der Waals surface area (Å²) < 4.78 is 5.81. The molecule has 28 heavy (non-hydrogen) atoms. The lowest BCUT2D eigenvalue weighted by Gasteiger charge is -2.33. The molecule has 9 heteroatoms. The van der Waals surface area contributed by atoms with Gasteiger partial charge in [-0.2, -0.15) is 5.10 Å². The maximum atomic E-state index is 12.5. The molecule has 0 unspecified atom stereocenters. The third kappa shape index (κ3) is 5.98. The van der Waals surface area contributed by atoms with E-state index in [9.17, 15) is 4.79 Å². The van der Waals surface area contributed by atoms with Crippen molar-refractivity contribution in [3.63, 3.8) is 0 Å². The van der Waals surface area contributed by atoms with Crippen LogP contribution in [-0.2, 0) is 16.0 Å². The van der Waals surface area contributed by atoms with Gasteiger partial charge in [0.1, 0.15) is 5.82 Å². The molecule has 8 nitrogen and oxygen atoms in total. The quantitative estimate of drug-likeness (QED) is 0.613. The molecule has 2 heterocycles. The lowest BCUT2D eigenvalue weighted by Crippen LogP contribution is -2.46. The van der Waals surface area contributed by atoms with Crippen molar-refractivity contribution in [3.05, 3.63) is 30.4 Å². The van der Waals surface area contributed by atoms with Crippen molar-refractivity contribution in [2.24, 2.45) is 11.7 Å². The van der Waals surface area contributed by atoms with Crippen LogP contribution in [0.5, 0.6) is 0 Å². The number of carbonyl (C=O) groups excluding carboxylic acids is 1. The number of hydrogen-bond donors (Lipinski definition) is 3. The summed E-state index contributed by atoms with van der Waals surface area (Å²) in [5.41, 5.74) is 6.99. The molecule has 3 rings (SSSR count). The highest BCUT2D eigenvalue weighted by atomic mass is 35.5. The fraction of sp³-hybridized carbons (Fsp3) is 0.579. The van der Waals surface area contributed by atoms with E-state index in [1.807, 2.05) is 12.1 Å². The lowest BCUT2D eigenvalue weighted by atomic mass is 9.83. The van der Waals surface area contributed by atoms with E-state index in [0.717, 1.165) is 30.7 Å². The van der Waals surface area contributed by atoms with E-state index in [1.165, 1.54) is 0 Å². The summed E-state index contributed by atoms with van der Waals surface area (Å²) in [4.78, 5) is 21.0. The van der Waals surface area contributed by atoms with Gasteiger partial charge >= 0.3 is 0 Å². The van der Waals surface area contributed by atoms with E-state index in [4.69, 9.17) is 10.5 Å². The fourth-order valence-electron chi connectivity index (χ4n) is 3.33. The minimum atomic E-state index is -0.0349. The molecule has 1 aliphatic rings. The maximum Gasteiger partial charge on any atom is 0.223 e. The van der Waals surface area contributed by atoms with Gasteiger partial charge in [0, 0.05) is 49.5 Å². The molecule has 0 aromatic carbocycles. The number of nitrogens with one attached hydrogen (secondary N) is 2. The zero-order valence-corrected chi connectivity index (χ0v) is 17.0. The van der Waals surface area contributed by atoms with Gasteiger partial charge in [0.2, 0.25) is 5.91 Å². The predicted octanol–water partition coefficient (Wildman–Crippen LogP) is 1.87. The fourth-order valence-corrected chi connectivity index (χ4v) is 3.33. The molecular formula is C19H29ClN6O2. The highest BCUT2D eigenvalue weighted by molar-refractivity contribution is 5.85. The molecule has 0 saturated heterocycles. The molecule has 2 aromatic rings. The van der Waals surface area contributed by atoms with Crippen LogP contribution >= 0.6 is 12.4 Å². The maximum absolute atomic E-state index is 12.5. The minimum absolute atomic E-state index is 0. The SMILES string of the molecule is CCCO[C@@H]1C[C@@H](C(=O)NCCc2nc(-c3cccnc3)n[nH]2)CC[C@H]1N.Cl. The van der Waals surface area contributed by atoms with Gasteiger partial charge in [-0.25, -0.2) is 4.98 Å². The van der Waals surface area contributed by atoms with Crippen LogP contribution in [0.2, 0.25) is 0 Å². The number of nitrogens with two attached hydrogens (primary N) is 1. The van der Waals surface area contributed by atoms with E-state index in [2.05, 4.69) is 32.4 Å². The zero-order chi connectivity index (χ0) is 19.1. The highest BCUT2D eigenvalue weighted by Gasteiger charge is 2.32. The second kappa shape index (κ2) is 11.1. The number of hydrogen-bond acceptors (Lipinski definition) is 6. The van der Waals surface area contributed by atoms with E-state index in [-0.39, 0.29) is 36.4 Å². The van der Waals surface area contributed by atoms with Gasteiger partial charge in [-0.3, -0.25) is 14.9 Å². The Hall–Kier alpha value is -2.03. The molecule has 1 aliphatic carbocycles. The molecule has 0 aliphatic heterocycles. The molecule has 2 aromatic heterocycles. The third-order valence-electron chi connectivity index (χ3n) is 4.86. The Morgan fingerprint density at radius 3 is 3.04 bits per heavy atom. The van der Waals surface area contributed by atoms with E-state index >= 15 is 0 Å². The number of pyridine rings is 1. The van der Waals surface area contributed by atoms with Crippen LogP contribution in [-0.4, -0.2) is 51.4 Å². The lowest BCUT2D eigenvalue weighted by molar-refractivity contribution is -0.128. The molecule has 4 N–H and O–H groups in total. The predicted molar refractivity (Wildman–Crippen MR) is 109 cm³/mol. The number of amides is 1. The van der Waals surface area contributed by atoms with Gasteiger partial charge in [-0.1, -0.05) is 6.92 Å². The first-order valence-electron chi connectivity index (χ1n) is 9.64.